The maximum atomic E-state index is 2.47. The number of halogens is 2. The number of allylic oxidation sites excluding steroid dienone is 8. The van der Waals surface area contributed by atoms with Gasteiger partial charge in [0.15, 0.2) is 0 Å². The fourth-order valence-corrected chi connectivity index (χ4v) is 13.8. The van der Waals surface area contributed by atoms with Gasteiger partial charge in [0.1, 0.15) is 0 Å². The zero-order valence-corrected chi connectivity index (χ0v) is 24.5. The third-order valence-corrected chi connectivity index (χ3v) is 14.8. The molecule has 4 rings (SSSR count). The molecule has 0 radical (unpaired) electrons. The maximum absolute atomic E-state index is 2.47. The Kier molecular flexibility index (Phi) is 12.8. The molecular weight excluding hydrogens is 534 g/mol. The normalized spacial score (nSPS) is 14.0. The van der Waals surface area contributed by atoms with Crippen LogP contribution in [-0.2, 0) is 21.3 Å². The number of unbranched alkanes of at least 4 members (excludes halogenated alkanes) is 2. The summed E-state index contributed by atoms with van der Waals surface area (Å²) in [5.74, 6) is 0. The van der Waals surface area contributed by atoms with Gasteiger partial charge in [0.05, 0.1) is 0 Å². The molecule has 2 aromatic rings. The molecule has 0 unspecified atom stereocenters. The van der Waals surface area contributed by atoms with Crippen LogP contribution in [0.25, 0.3) is 0 Å². The molecule has 0 atom stereocenters. The summed E-state index contributed by atoms with van der Waals surface area (Å²) in [7, 11) is 0. The number of rotatable bonds is 10. The Labute approximate surface area is 226 Å². The molecule has 0 nitrogen and oxygen atoms in total. The third-order valence-electron chi connectivity index (χ3n) is 6.64. The van der Waals surface area contributed by atoms with Crippen LogP contribution in [0.1, 0.15) is 76.3 Å². The molecule has 0 aromatic heterocycles. The average molecular weight is 571 g/mol. The van der Waals surface area contributed by atoms with E-state index >= 15 is 0 Å². The second-order valence-corrected chi connectivity index (χ2v) is 14.9. The Hall–Kier alpha value is -1.27. The van der Waals surface area contributed by atoms with Crippen molar-refractivity contribution in [3.63, 3.8) is 0 Å². The van der Waals surface area contributed by atoms with Crippen molar-refractivity contribution in [2.75, 3.05) is 0 Å². The average Bonchev–Trinajstić information content (AvgIpc) is 3.50. The van der Waals surface area contributed by atoms with Crippen LogP contribution in [0.2, 0.25) is 0 Å². The first-order valence-corrected chi connectivity index (χ1v) is 16.1. The summed E-state index contributed by atoms with van der Waals surface area (Å²) in [5, 5.41) is 0. The molecule has 2 aliphatic rings. The van der Waals surface area contributed by atoms with E-state index in [4.69, 9.17) is 0 Å². The van der Waals surface area contributed by atoms with Crippen molar-refractivity contribution in [1.29, 1.82) is 0 Å². The molecule has 2 aliphatic carbocycles. The van der Waals surface area contributed by atoms with E-state index in [1.165, 1.54) is 62.5 Å². The van der Waals surface area contributed by atoms with E-state index in [1.807, 2.05) is 6.56 Å². The second-order valence-electron chi connectivity index (χ2n) is 8.91. The van der Waals surface area contributed by atoms with Crippen molar-refractivity contribution in [1.82, 2.24) is 0 Å². The second kappa shape index (κ2) is 15.0. The first-order valence-electron chi connectivity index (χ1n) is 12.5. The van der Waals surface area contributed by atoms with Gasteiger partial charge in [-0.1, -0.05) is 0 Å². The molecule has 0 amide bonds. The molecule has 0 heterocycles. The van der Waals surface area contributed by atoms with Crippen LogP contribution in [-0.4, -0.2) is 3.21 Å². The van der Waals surface area contributed by atoms with Gasteiger partial charge in [-0.2, -0.15) is 0 Å². The molecule has 0 fully saturated rings. The molecule has 0 saturated heterocycles. The van der Waals surface area contributed by atoms with Crippen LogP contribution in [0.4, 0.5) is 0 Å². The Balaban J connectivity index is 0.00000204. The van der Waals surface area contributed by atoms with Gasteiger partial charge in [-0.15, -0.1) is 0 Å². The largest absolute Gasteiger partial charge is 1.00 e. The molecule has 0 bridgehead atoms. The Bertz CT molecular complexity index is 987. The zero-order chi connectivity index (χ0) is 22.2. The van der Waals surface area contributed by atoms with E-state index in [0.717, 1.165) is 0 Å². The van der Waals surface area contributed by atoms with Gasteiger partial charge >= 0.3 is 203 Å². The molecule has 0 saturated carbocycles. The predicted molar refractivity (Wildman–Crippen MR) is 137 cm³/mol. The summed E-state index contributed by atoms with van der Waals surface area (Å²) in [4.78, 5) is 0. The summed E-state index contributed by atoms with van der Waals surface area (Å²) in [6.45, 7) is 4.63. The Morgan fingerprint density at radius 1 is 0.647 bits per heavy atom. The molecule has 3 heteroatoms. The number of hydrogen-bond donors (Lipinski definition) is 0. The van der Waals surface area contributed by atoms with Gasteiger partial charge in [0.2, 0.25) is 0 Å². The fraction of sp³-hybridized carbons (Fsp3) is 0.323. The quantitative estimate of drug-likeness (QED) is 0.412. The molecular formula is C31H36Cl2Zr. The summed E-state index contributed by atoms with van der Waals surface area (Å²) >= 11 is -2.35. The summed E-state index contributed by atoms with van der Waals surface area (Å²) in [6.07, 6.45) is 19.8. The third kappa shape index (κ3) is 6.90. The number of benzene rings is 2. The predicted octanol–water partition coefficient (Wildman–Crippen LogP) is 2.69. The van der Waals surface area contributed by atoms with Crippen molar-refractivity contribution in [2.45, 2.75) is 65.2 Å². The van der Waals surface area contributed by atoms with Crippen LogP contribution in [0.3, 0.4) is 0 Å². The van der Waals surface area contributed by atoms with E-state index in [0.29, 0.717) is 0 Å². The van der Waals surface area contributed by atoms with Crippen molar-refractivity contribution in [3.8, 4) is 0 Å². The SMILES string of the molecule is CCCCC1=[C]([Zr+2]([C]2=C(CCCC)C=CC2)=[C](c2ccccc2)c2ccccc2)CC=C1.[Cl-].[Cl-]. The van der Waals surface area contributed by atoms with E-state index < -0.39 is 21.3 Å². The van der Waals surface area contributed by atoms with Gasteiger partial charge in [-0.3, -0.25) is 0 Å². The van der Waals surface area contributed by atoms with Crippen LogP contribution in [0.15, 0.2) is 103 Å². The summed E-state index contributed by atoms with van der Waals surface area (Å²) in [5.41, 5.74) is 6.22. The molecule has 0 aliphatic heterocycles. The Morgan fingerprint density at radius 3 is 1.44 bits per heavy atom. The first kappa shape index (κ1) is 29.0. The zero-order valence-electron chi connectivity index (χ0n) is 20.5. The molecule has 0 N–H and O–H groups in total. The minimum absolute atomic E-state index is 0. The van der Waals surface area contributed by atoms with Gasteiger partial charge in [-0.25, -0.2) is 0 Å². The Morgan fingerprint density at radius 2 is 1.06 bits per heavy atom. The summed E-state index contributed by atoms with van der Waals surface area (Å²) in [6, 6.07) is 22.6. The molecule has 34 heavy (non-hydrogen) atoms. The van der Waals surface area contributed by atoms with Crippen molar-refractivity contribution in [2.24, 2.45) is 0 Å². The fourth-order valence-electron chi connectivity index (χ4n) is 4.98. The van der Waals surface area contributed by atoms with E-state index in [1.54, 1.807) is 14.4 Å². The van der Waals surface area contributed by atoms with Crippen LogP contribution < -0.4 is 24.8 Å². The molecule has 0 spiro atoms. The van der Waals surface area contributed by atoms with Gasteiger partial charge in [0, 0.05) is 0 Å². The van der Waals surface area contributed by atoms with E-state index in [-0.39, 0.29) is 24.8 Å². The first-order chi connectivity index (χ1) is 15.8. The van der Waals surface area contributed by atoms with Gasteiger partial charge in [-0.05, 0) is 0 Å². The van der Waals surface area contributed by atoms with E-state index in [2.05, 4.69) is 98.8 Å². The standard InChI is InChI=1S/C13H10.2C9H13.2ClH.Zr/c1-3-7-12(8-4-1)11-13-9-5-2-6-10-13;2*1-2-3-6-9-7-4-5-8-9;;;/h1-10H;2*4,7H,2-3,5-6H2,1H3;2*1H;/q;;;;;+2/p-2. The molecule has 178 valence electrons. The molecule has 2 aromatic carbocycles. The van der Waals surface area contributed by atoms with Gasteiger partial charge < -0.3 is 24.8 Å². The minimum Gasteiger partial charge on any atom is -1.00 e. The minimum atomic E-state index is -2.35. The summed E-state index contributed by atoms with van der Waals surface area (Å²) < 4.78 is 5.33. The van der Waals surface area contributed by atoms with Crippen molar-refractivity contribution >= 4 is 3.21 Å². The van der Waals surface area contributed by atoms with Crippen LogP contribution in [0.5, 0.6) is 0 Å². The van der Waals surface area contributed by atoms with E-state index in [9.17, 15) is 0 Å². The number of hydrogen-bond acceptors (Lipinski definition) is 0. The van der Waals surface area contributed by atoms with Crippen molar-refractivity contribution in [3.05, 3.63) is 114 Å². The maximum Gasteiger partial charge on any atom is -1.00 e. The van der Waals surface area contributed by atoms with Gasteiger partial charge in [0.25, 0.3) is 0 Å². The topological polar surface area (TPSA) is 0 Å². The van der Waals surface area contributed by atoms with Crippen molar-refractivity contribution < 1.29 is 46.1 Å². The van der Waals surface area contributed by atoms with Crippen LogP contribution >= 0.6 is 0 Å². The van der Waals surface area contributed by atoms with Crippen LogP contribution in [0, 0.1) is 0 Å². The monoisotopic (exact) mass is 568 g/mol. The smallest absolute Gasteiger partial charge is 1.00 e.